The molecule has 0 spiro atoms. The molecule has 0 unspecified atom stereocenters. The van der Waals surface area contributed by atoms with Crippen molar-refractivity contribution in [3.63, 3.8) is 0 Å². The maximum Gasteiger partial charge on any atom is 0.335 e. The number of unbranched alkanes of at least 4 members (excludes halogenated alkanes) is 15. The Labute approximate surface area is 187 Å². The van der Waals surface area contributed by atoms with Crippen LogP contribution in [0.4, 0.5) is 0 Å². The van der Waals surface area contributed by atoms with Crippen LogP contribution in [0.1, 0.15) is 116 Å². The van der Waals surface area contributed by atoms with Crippen LogP contribution in [0.25, 0.3) is 0 Å². The molecule has 1 rings (SSSR count). The third-order valence-corrected chi connectivity index (χ3v) is 6.41. The first-order valence-electron chi connectivity index (χ1n) is 12.5. The van der Waals surface area contributed by atoms with Crippen LogP contribution < -0.4 is 0 Å². The van der Waals surface area contributed by atoms with Crippen molar-refractivity contribution in [3.05, 3.63) is 0 Å². The number of aliphatic hydroxyl groups excluding tert-OH is 3. The minimum Gasteiger partial charge on any atom is -0.479 e. The first kappa shape index (κ1) is 28.3. The Hall–Kier alpha value is -0.730. The van der Waals surface area contributed by atoms with Gasteiger partial charge in [-0.25, -0.2) is 4.79 Å². The molecular formula is C24H46O7. The van der Waals surface area contributed by atoms with E-state index in [0.717, 1.165) is 19.3 Å². The quantitative estimate of drug-likeness (QED) is 0.202. The van der Waals surface area contributed by atoms with Gasteiger partial charge < -0.3 is 30.3 Å². The van der Waals surface area contributed by atoms with E-state index in [1.165, 1.54) is 77.0 Å². The van der Waals surface area contributed by atoms with Crippen molar-refractivity contribution in [1.29, 1.82) is 0 Å². The summed E-state index contributed by atoms with van der Waals surface area (Å²) < 4.78 is 5.05. The van der Waals surface area contributed by atoms with Gasteiger partial charge in [0.15, 0.2) is 11.9 Å². The lowest BCUT2D eigenvalue weighted by Crippen LogP contribution is -2.66. The van der Waals surface area contributed by atoms with Gasteiger partial charge in [-0.3, -0.25) is 0 Å². The second-order valence-electron chi connectivity index (χ2n) is 9.20. The molecule has 5 atom stereocenters. The third kappa shape index (κ3) is 10.6. The van der Waals surface area contributed by atoms with Gasteiger partial charge in [0.25, 0.3) is 0 Å². The number of carbonyl (C=O) groups is 1. The molecule has 0 amide bonds. The number of hydrogen-bond donors (Lipinski definition) is 5. The number of aliphatic hydroxyl groups is 4. The van der Waals surface area contributed by atoms with E-state index < -0.39 is 36.2 Å². The predicted octanol–water partition coefficient (Wildman–Crippen LogP) is 3.89. The number of ether oxygens (including phenoxy) is 1. The van der Waals surface area contributed by atoms with E-state index in [9.17, 15) is 25.2 Å². The van der Waals surface area contributed by atoms with Gasteiger partial charge in [-0.15, -0.1) is 0 Å². The molecule has 1 saturated heterocycles. The molecule has 1 aliphatic rings. The zero-order valence-corrected chi connectivity index (χ0v) is 19.4. The molecule has 1 heterocycles. The number of aliphatic carboxylic acids is 1. The van der Waals surface area contributed by atoms with Crippen LogP contribution in [0.3, 0.4) is 0 Å². The fourth-order valence-electron chi connectivity index (χ4n) is 4.32. The van der Waals surface area contributed by atoms with E-state index in [-0.39, 0.29) is 6.42 Å². The van der Waals surface area contributed by atoms with Crippen molar-refractivity contribution in [2.45, 2.75) is 146 Å². The maximum absolute atomic E-state index is 11.1. The summed E-state index contributed by atoms with van der Waals surface area (Å²) in [5.74, 6) is -3.64. The molecule has 0 radical (unpaired) electrons. The minimum atomic E-state index is -2.16. The van der Waals surface area contributed by atoms with E-state index in [4.69, 9.17) is 9.84 Å². The topological polar surface area (TPSA) is 127 Å². The zero-order chi connectivity index (χ0) is 23.1. The Morgan fingerprint density at radius 2 is 1.10 bits per heavy atom. The van der Waals surface area contributed by atoms with Gasteiger partial charge in [0.2, 0.25) is 0 Å². The second-order valence-corrected chi connectivity index (χ2v) is 9.20. The minimum absolute atomic E-state index is 0.0141. The Kier molecular flexibility index (Phi) is 14.6. The van der Waals surface area contributed by atoms with Crippen molar-refractivity contribution in [2.75, 3.05) is 0 Å². The molecule has 7 heteroatoms. The van der Waals surface area contributed by atoms with E-state index in [1.54, 1.807) is 0 Å². The van der Waals surface area contributed by atoms with Crippen LogP contribution in [0.5, 0.6) is 0 Å². The Bertz CT molecular complexity index is 473. The van der Waals surface area contributed by atoms with Crippen LogP contribution in [0.2, 0.25) is 0 Å². The summed E-state index contributed by atoms with van der Waals surface area (Å²) in [6.07, 6.45) is 12.4. The fourth-order valence-corrected chi connectivity index (χ4v) is 4.32. The summed E-state index contributed by atoms with van der Waals surface area (Å²) in [6.45, 7) is 2.25. The molecule has 0 aromatic rings. The van der Waals surface area contributed by atoms with Crippen LogP contribution in [0.15, 0.2) is 0 Å². The fraction of sp³-hybridized carbons (Fsp3) is 0.958. The normalized spacial score (nSPS) is 28.7. The van der Waals surface area contributed by atoms with Gasteiger partial charge in [0, 0.05) is 6.42 Å². The van der Waals surface area contributed by atoms with E-state index >= 15 is 0 Å². The van der Waals surface area contributed by atoms with Gasteiger partial charge >= 0.3 is 5.97 Å². The highest BCUT2D eigenvalue weighted by Crippen LogP contribution is 2.32. The van der Waals surface area contributed by atoms with Crippen LogP contribution in [0, 0.1) is 0 Å². The first-order valence-corrected chi connectivity index (χ1v) is 12.5. The molecule has 1 fully saturated rings. The number of carboxylic acids is 1. The smallest absolute Gasteiger partial charge is 0.335 e. The van der Waals surface area contributed by atoms with E-state index in [1.807, 2.05) is 0 Å². The highest BCUT2D eigenvalue weighted by Gasteiger charge is 2.54. The molecule has 0 bridgehead atoms. The third-order valence-electron chi connectivity index (χ3n) is 6.41. The van der Waals surface area contributed by atoms with Gasteiger partial charge in [-0.05, 0) is 6.42 Å². The van der Waals surface area contributed by atoms with Crippen LogP contribution >= 0.6 is 0 Å². The molecule has 0 saturated carbocycles. The molecule has 1 aliphatic heterocycles. The number of rotatable bonds is 18. The Morgan fingerprint density at radius 3 is 1.48 bits per heavy atom. The van der Waals surface area contributed by atoms with Crippen molar-refractivity contribution < 1.29 is 35.1 Å². The maximum atomic E-state index is 11.1. The van der Waals surface area contributed by atoms with Crippen LogP contribution in [-0.4, -0.2) is 61.7 Å². The van der Waals surface area contributed by atoms with Gasteiger partial charge in [-0.2, -0.15) is 0 Å². The largest absolute Gasteiger partial charge is 0.479 e. The Balaban J connectivity index is 2.01. The van der Waals surface area contributed by atoms with Gasteiger partial charge in [0.1, 0.15) is 18.3 Å². The lowest BCUT2D eigenvalue weighted by Gasteiger charge is -2.44. The highest BCUT2D eigenvalue weighted by atomic mass is 16.7. The predicted molar refractivity (Wildman–Crippen MR) is 120 cm³/mol. The van der Waals surface area contributed by atoms with E-state index in [2.05, 4.69) is 6.92 Å². The first-order chi connectivity index (χ1) is 14.8. The molecule has 184 valence electrons. The Morgan fingerprint density at radius 1 is 0.710 bits per heavy atom. The van der Waals surface area contributed by atoms with Crippen LogP contribution in [-0.2, 0) is 9.53 Å². The molecule has 0 aliphatic carbocycles. The number of hydrogen-bond acceptors (Lipinski definition) is 6. The zero-order valence-electron chi connectivity index (χ0n) is 19.4. The monoisotopic (exact) mass is 446 g/mol. The summed E-state index contributed by atoms with van der Waals surface area (Å²) in [6, 6.07) is 0. The molecular weight excluding hydrogens is 400 g/mol. The lowest BCUT2D eigenvalue weighted by molar-refractivity contribution is -0.343. The summed E-state index contributed by atoms with van der Waals surface area (Å²) in [4.78, 5) is 11.1. The SMILES string of the molecule is CCCCCCCCCCCCCCCCCC[C@@]1(O)O[C@H](C(=O)O)[C@@H](O)[C@H](O)[C@H]1O. The molecule has 31 heavy (non-hydrogen) atoms. The molecule has 7 nitrogen and oxygen atoms in total. The van der Waals surface area contributed by atoms with Crippen molar-refractivity contribution in [2.24, 2.45) is 0 Å². The van der Waals surface area contributed by atoms with Gasteiger partial charge in [0.05, 0.1) is 0 Å². The lowest BCUT2D eigenvalue weighted by atomic mass is 9.89. The molecule has 0 aromatic heterocycles. The second kappa shape index (κ2) is 16.0. The standard InChI is InChI=1S/C24H46O7/c1-2-3-4-5-6-7-8-9-10-11-12-13-14-15-16-17-18-24(30)22(27)20(26)19(25)21(31-24)23(28)29/h19-22,25-27,30H,2-18H2,1H3,(H,28,29)/t19-,20-,21-,22+,24+/m0/s1. The summed E-state index contributed by atoms with van der Waals surface area (Å²) >= 11 is 0. The highest BCUT2D eigenvalue weighted by molar-refractivity contribution is 5.73. The van der Waals surface area contributed by atoms with Crippen molar-refractivity contribution >= 4 is 5.97 Å². The summed E-state index contributed by atoms with van der Waals surface area (Å²) in [5, 5.41) is 49.1. The summed E-state index contributed by atoms with van der Waals surface area (Å²) in [5.41, 5.74) is 0. The van der Waals surface area contributed by atoms with Crippen molar-refractivity contribution in [3.8, 4) is 0 Å². The molecule has 0 aromatic carbocycles. The van der Waals surface area contributed by atoms with Crippen molar-refractivity contribution in [1.82, 2.24) is 0 Å². The average molecular weight is 447 g/mol. The number of carboxylic acid groups (broad SMARTS) is 1. The average Bonchev–Trinajstić information content (AvgIpc) is 2.74. The van der Waals surface area contributed by atoms with Gasteiger partial charge in [-0.1, -0.05) is 103 Å². The van der Waals surface area contributed by atoms with E-state index in [0.29, 0.717) is 6.42 Å². The molecule has 5 N–H and O–H groups in total. The summed E-state index contributed by atoms with van der Waals surface area (Å²) in [7, 11) is 0.